The van der Waals surface area contributed by atoms with E-state index in [-0.39, 0.29) is 29.7 Å². The first-order valence-corrected chi connectivity index (χ1v) is 8.87. The number of rotatable bonds is 6. The number of anilines is 2. The van der Waals surface area contributed by atoms with Gasteiger partial charge in [-0.15, -0.1) is 6.58 Å². The van der Waals surface area contributed by atoms with E-state index in [4.69, 9.17) is 0 Å². The number of hydrogen-bond donors (Lipinski definition) is 5. The van der Waals surface area contributed by atoms with Crippen LogP contribution in [0.4, 0.5) is 20.6 Å². The number of benzene rings is 2. The molecule has 1 saturated heterocycles. The Morgan fingerprint density at radius 1 is 1.07 bits per heavy atom. The van der Waals surface area contributed by atoms with Crippen LogP contribution in [0.2, 0.25) is 0 Å². The van der Waals surface area contributed by atoms with Crippen LogP contribution in [-0.2, 0) is 4.79 Å². The van der Waals surface area contributed by atoms with E-state index in [0.717, 1.165) is 5.56 Å². The Hall–Kier alpha value is -3.23. The minimum atomic E-state index is -0.354. The highest BCUT2D eigenvalue weighted by molar-refractivity contribution is 5.94. The van der Waals surface area contributed by atoms with Gasteiger partial charge in [-0.2, -0.15) is 0 Å². The van der Waals surface area contributed by atoms with Crippen LogP contribution < -0.4 is 26.8 Å². The second kappa shape index (κ2) is 9.12. The van der Waals surface area contributed by atoms with Gasteiger partial charge in [0, 0.05) is 24.5 Å². The molecular weight excluding hydrogens is 361 g/mol. The standard InChI is InChI=1S/C20H22FN5O2/c1-2-11-22-20(28)25-16-9-7-15(8-10-16)24-19(27)17-12-23-26-18(17)13-3-5-14(21)6-4-13/h2-10,17-18,23,26H,1,11-12H2,(H,24,27)(H2,22,25,28). The molecule has 0 saturated carbocycles. The third kappa shape index (κ3) is 4.93. The zero-order chi connectivity index (χ0) is 19.9. The van der Waals surface area contributed by atoms with E-state index >= 15 is 0 Å². The van der Waals surface area contributed by atoms with Crippen molar-refractivity contribution in [3.8, 4) is 0 Å². The molecule has 3 rings (SSSR count). The average molecular weight is 383 g/mol. The van der Waals surface area contributed by atoms with Gasteiger partial charge in [-0.05, 0) is 42.0 Å². The molecule has 0 bridgehead atoms. The summed E-state index contributed by atoms with van der Waals surface area (Å²) in [4.78, 5) is 24.3. The maximum Gasteiger partial charge on any atom is 0.319 e. The van der Waals surface area contributed by atoms with E-state index in [1.807, 2.05) is 0 Å². The molecule has 0 radical (unpaired) electrons. The van der Waals surface area contributed by atoms with Gasteiger partial charge in [0.05, 0.1) is 12.0 Å². The predicted molar refractivity (Wildman–Crippen MR) is 106 cm³/mol. The molecule has 3 amide bonds. The maximum absolute atomic E-state index is 13.1. The molecule has 2 atom stereocenters. The summed E-state index contributed by atoms with van der Waals surface area (Å²) >= 11 is 0. The maximum atomic E-state index is 13.1. The fourth-order valence-corrected chi connectivity index (χ4v) is 2.94. The van der Waals surface area contributed by atoms with Crippen molar-refractivity contribution in [1.82, 2.24) is 16.2 Å². The van der Waals surface area contributed by atoms with Crippen LogP contribution in [0.3, 0.4) is 0 Å². The summed E-state index contributed by atoms with van der Waals surface area (Å²) in [5.74, 6) is -0.827. The largest absolute Gasteiger partial charge is 0.334 e. The number of nitrogens with one attached hydrogen (secondary N) is 5. The first-order valence-electron chi connectivity index (χ1n) is 8.87. The third-order valence-electron chi connectivity index (χ3n) is 4.37. The molecular formula is C20H22FN5O2. The molecule has 1 aliphatic heterocycles. The lowest BCUT2D eigenvalue weighted by Gasteiger charge is -2.18. The minimum Gasteiger partial charge on any atom is -0.334 e. The Morgan fingerprint density at radius 2 is 1.71 bits per heavy atom. The fraction of sp³-hybridized carbons (Fsp3) is 0.200. The van der Waals surface area contributed by atoms with Crippen molar-refractivity contribution < 1.29 is 14.0 Å². The molecule has 1 heterocycles. The quantitative estimate of drug-likeness (QED) is 0.496. The monoisotopic (exact) mass is 383 g/mol. The molecule has 2 aromatic rings. The van der Waals surface area contributed by atoms with E-state index in [1.54, 1.807) is 42.5 Å². The summed E-state index contributed by atoms with van der Waals surface area (Å²) < 4.78 is 13.1. The van der Waals surface area contributed by atoms with Crippen molar-refractivity contribution in [2.24, 2.45) is 5.92 Å². The molecule has 2 aromatic carbocycles. The van der Waals surface area contributed by atoms with Crippen molar-refractivity contribution in [1.29, 1.82) is 0 Å². The van der Waals surface area contributed by atoms with Crippen molar-refractivity contribution in [3.05, 3.63) is 72.6 Å². The second-order valence-electron chi connectivity index (χ2n) is 6.35. The summed E-state index contributed by atoms with van der Waals surface area (Å²) in [6.07, 6.45) is 1.59. The summed E-state index contributed by atoms with van der Waals surface area (Å²) in [5.41, 5.74) is 8.10. The molecule has 146 valence electrons. The summed E-state index contributed by atoms with van der Waals surface area (Å²) in [5, 5.41) is 8.17. The van der Waals surface area contributed by atoms with Crippen LogP contribution in [0.25, 0.3) is 0 Å². The molecule has 1 fully saturated rings. The molecule has 5 N–H and O–H groups in total. The smallest absolute Gasteiger partial charge is 0.319 e. The minimum absolute atomic E-state index is 0.156. The van der Waals surface area contributed by atoms with Gasteiger partial charge in [0.2, 0.25) is 5.91 Å². The third-order valence-corrected chi connectivity index (χ3v) is 4.37. The van der Waals surface area contributed by atoms with Gasteiger partial charge in [0.1, 0.15) is 5.82 Å². The van der Waals surface area contributed by atoms with Gasteiger partial charge in [-0.1, -0.05) is 18.2 Å². The van der Waals surface area contributed by atoms with Gasteiger partial charge in [-0.3, -0.25) is 10.2 Å². The molecule has 8 heteroatoms. The molecule has 0 aromatic heterocycles. The average Bonchev–Trinajstić information content (AvgIpc) is 3.18. The van der Waals surface area contributed by atoms with Crippen LogP contribution in [0.5, 0.6) is 0 Å². The molecule has 1 aliphatic rings. The Bertz CT molecular complexity index is 839. The fourth-order valence-electron chi connectivity index (χ4n) is 2.94. The topological polar surface area (TPSA) is 94.3 Å². The van der Waals surface area contributed by atoms with Gasteiger partial charge in [0.15, 0.2) is 0 Å². The molecule has 0 spiro atoms. The number of urea groups is 1. The highest BCUT2D eigenvalue weighted by atomic mass is 19.1. The van der Waals surface area contributed by atoms with Crippen LogP contribution in [0, 0.1) is 11.7 Å². The Labute approximate surface area is 162 Å². The molecule has 2 unspecified atom stereocenters. The van der Waals surface area contributed by atoms with Gasteiger partial charge in [0.25, 0.3) is 0 Å². The first-order chi connectivity index (χ1) is 13.6. The number of carbonyl (C=O) groups excluding carboxylic acids is 2. The number of halogens is 1. The van der Waals surface area contributed by atoms with Gasteiger partial charge < -0.3 is 16.0 Å². The zero-order valence-corrected chi connectivity index (χ0v) is 15.2. The van der Waals surface area contributed by atoms with E-state index in [9.17, 15) is 14.0 Å². The number of amides is 3. The van der Waals surface area contributed by atoms with Crippen LogP contribution in [0.1, 0.15) is 11.6 Å². The summed E-state index contributed by atoms with van der Waals surface area (Å²) in [6.45, 7) is 4.36. The summed E-state index contributed by atoms with van der Waals surface area (Å²) in [7, 11) is 0. The Balaban J connectivity index is 1.60. The van der Waals surface area contributed by atoms with Crippen molar-refractivity contribution in [3.63, 3.8) is 0 Å². The lowest BCUT2D eigenvalue weighted by molar-refractivity contribution is -0.119. The predicted octanol–water partition coefficient (Wildman–Crippen LogP) is 2.54. The van der Waals surface area contributed by atoms with Crippen LogP contribution in [0.15, 0.2) is 61.2 Å². The van der Waals surface area contributed by atoms with Gasteiger partial charge in [-0.25, -0.2) is 14.6 Å². The lowest BCUT2D eigenvalue weighted by atomic mass is 9.94. The van der Waals surface area contributed by atoms with E-state index in [0.29, 0.717) is 24.5 Å². The summed E-state index contributed by atoms with van der Waals surface area (Å²) in [6, 6.07) is 12.3. The van der Waals surface area contributed by atoms with E-state index in [1.165, 1.54) is 12.1 Å². The van der Waals surface area contributed by atoms with E-state index < -0.39 is 0 Å². The normalized spacial score (nSPS) is 18.3. The van der Waals surface area contributed by atoms with Crippen molar-refractivity contribution in [2.45, 2.75) is 6.04 Å². The van der Waals surface area contributed by atoms with Crippen LogP contribution in [-0.4, -0.2) is 25.0 Å². The van der Waals surface area contributed by atoms with Gasteiger partial charge >= 0.3 is 6.03 Å². The molecule has 7 nitrogen and oxygen atoms in total. The lowest BCUT2D eigenvalue weighted by Crippen LogP contribution is -2.29. The van der Waals surface area contributed by atoms with Crippen molar-refractivity contribution >= 4 is 23.3 Å². The highest BCUT2D eigenvalue weighted by Gasteiger charge is 2.34. The SMILES string of the molecule is C=CCNC(=O)Nc1ccc(NC(=O)C2CNNC2c2ccc(F)cc2)cc1. The first kappa shape index (κ1) is 19.5. The highest BCUT2D eigenvalue weighted by Crippen LogP contribution is 2.26. The number of hydrogen-bond acceptors (Lipinski definition) is 4. The zero-order valence-electron chi connectivity index (χ0n) is 15.2. The van der Waals surface area contributed by atoms with E-state index in [2.05, 4.69) is 33.4 Å². The van der Waals surface area contributed by atoms with Crippen LogP contribution >= 0.6 is 0 Å². The number of carbonyl (C=O) groups is 2. The Morgan fingerprint density at radius 3 is 2.36 bits per heavy atom. The molecule has 28 heavy (non-hydrogen) atoms. The second-order valence-corrected chi connectivity index (χ2v) is 6.35. The number of hydrazine groups is 1. The van der Waals surface area contributed by atoms with Crippen molar-refractivity contribution in [2.75, 3.05) is 23.7 Å². The Kier molecular flexibility index (Phi) is 6.36. The molecule has 0 aliphatic carbocycles.